The first-order chi connectivity index (χ1) is 7.08. The molecule has 5 nitrogen and oxygen atoms in total. The van der Waals surface area contributed by atoms with Crippen LogP contribution in [0.3, 0.4) is 0 Å². The van der Waals surface area contributed by atoms with Crippen molar-refractivity contribution < 1.29 is 15.0 Å². The van der Waals surface area contributed by atoms with E-state index in [0.717, 1.165) is 0 Å². The Labute approximate surface area is 92.6 Å². The summed E-state index contributed by atoms with van der Waals surface area (Å²) in [6, 6.07) is 0. The zero-order valence-corrected chi connectivity index (χ0v) is 9.03. The lowest BCUT2D eigenvalue weighted by molar-refractivity contribution is -0.132. The van der Waals surface area contributed by atoms with Gasteiger partial charge in [-0.3, -0.25) is 4.90 Å². The maximum atomic E-state index is 10.8. The minimum Gasteiger partial charge on any atom is -0.478 e. The molecule has 1 aliphatic heterocycles. The molecule has 0 saturated heterocycles. The summed E-state index contributed by atoms with van der Waals surface area (Å²) >= 11 is 5.75. The largest absolute Gasteiger partial charge is 0.478 e. The molecule has 0 aromatic carbocycles. The number of aliphatic hydroxyl groups excluding tert-OH is 1. The summed E-state index contributed by atoms with van der Waals surface area (Å²) in [7, 11) is 0. The van der Waals surface area contributed by atoms with E-state index in [-0.39, 0.29) is 23.6 Å². The summed E-state index contributed by atoms with van der Waals surface area (Å²) < 4.78 is 0. The number of hydrogen-bond donors (Lipinski definition) is 3. The third kappa shape index (κ3) is 2.95. The number of carboxylic acids is 1. The number of hydrogen-bond acceptors (Lipinski definition) is 4. The molecule has 0 spiro atoms. The second-order valence-corrected chi connectivity index (χ2v) is 3.46. The summed E-state index contributed by atoms with van der Waals surface area (Å²) in [4.78, 5) is 12.4. The van der Waals surface area contributed by atoms with Crippen LogP contribution >= 0.6 is 11.6 Å². The van der Waals surface area contributed by atoms with Crippen molar-refractivity contribution in [3.63, 3.8) is 0 Å². The van der Waals surface area contributed by atoms with Gasteiger partial charge in [-0.1, -0.05) is 18.5 Å². The minimum atomic E-state index is -1.03. The normalized spacial score (nSPS) is 20.7. The molecule has 0 fully saturated rings. The smallest absolute Gasteiger partial charge is 0.335 e. The first-order valence-electron chi connectivity index (χ1n) is 4.52. The average Bonchev–Trinajstić information content (AvgIpc) is 2.18. The average molecular weight is 233 g/mol. The molecule has 0 aliphatic carbocycles. The van der Waals surface area contributed by atoms with Gasteiger partial charge in [0.25, 0.3) is 0 Å². The van der Waals surface area contributed by atoms with Gasteiger partial charge in [0.05, 0.1) is 12.3 Å². The standard InChI is InChI=1S/C9H13ClN2O3/c1-2-12(5-13)8-4-6(9(14)15)3-7(10)11-8/h3-4,8,11,13H,2,5H2,1H3,(H,14,15). The summed E-state index contributed by atoms with van der Waals surface area (Å²) in [5.41, 5.74) is 0.121. The highest BCUT2D eigenvalue weighted by Crippen LogP contribution is 2.15. The van der Waals surface area contributed by atoms with E-state index in [0.29, 0.717) is 6.54 Å². The number of carbonyl (C=O) groups is 1. The molecule has 1 aliphatic rings. The number of carboxylic acid groups (broad SMARTS) is 1. The molecule has 1 rings (SSSR count). The third-order valence-electron chi connectivity index (χ3n) is 2.13. The van der Waals surface area contributed by atoms with Crippen molar-refractivity contribution >= 4 is 17.6 Å². The highest BCUT2D eigenvalue weighted by atomic mass is 35.5. The van der Waals surface area contributed by atoms with Crippen molar-refractivity contribution in [3.05, 3.63) is 22.9 Å². The molecule has 0 amide bonds. The summed E-state index contributed by atoms with van der Waals surface area (Å²) in [6.45, 7) is 2.28. The fourth-order valence-electron chi connectivity index (χ4n) is 1.29. The van der Waals surface area contributed by atoms with Gasteiger partial charge in [0.2, 0.25) is 0 Å². The molecule has 1 heterocycles. The summed E-state index contributed by atoms with van der Waals surface area (Å²) in [6.07, 6.45) is 2.46. The van der Waals surface area contributed by atoms with Crippen LogP contribution in [0, 0.1) is 0 Å². The van der Waals surface area contributed by atoms with Gasteiger partial charge in [0.15, 0.2) is 0 Å². The molecule has 84 valence electrons. The lowest BCUT2D eigenvalue weighted by atomic mass is 10.1. The van der Waals surface area contributed by atoms with E-state index < -0.39 is 5.97 Å². The summed E-state index contributed by atoms with van der Waals surface area (Å²) in [5, 5.41) is 21.0. The molecule has 0 saturated carbocycles. The predicted molar refractivity (Wildman–Crippen MR) is 56.0 cm³/mol. The second kappa shape index (κ2) is 5.16. The molecular weight excluding hydrogens is 220 g/mol. The molecule has 1 unspecified atom stereocenters. The van der Waals surface area contributed by atoms with Gasteiger partial charge in [0, 0.05) is 0 Å². The minimum absolute atomic E-state index is 0.121. The van der Waals surface area contributed by atoms with E-state index >= 15 is 0 Å². The van der Waals surface area contributed by atoms with E-state index in [1.54, 1.807) is 4.90 Å². The zero-order valence-electron chi connectivity index (χ0n) is 8.27. The SMILES string of the molecule is CCN(CO)C1C=C(C(=O)O)C=C(Cl)N1. The van der Waals surface area contributed by atoms with Crippen LogP contribution in [0.1, 0.15) is 6.92 Å². The fraction of sp³-hybridized carbons (Fsp3) is 0.444. The number of nitrogens with zero attached hydrogens (tertiary/aromatic N) is 1. The lowest BCUT2D eigenvalue weighted by Gasteiger charge is -2.29. The van der Waals surface area contributed by atoms with Gasteiger partial charge in [-0.05, 0) is 18.7 Å². The Morgan fingerprint density at radius 1 is 1.73 bits per heavy atom. The van der Waals surface area contributed by atoms with Crippen molar-refractivity contribution in [2.45, 2.75) is 13.1 Å². The van der Waals surface area contributed by atoms with E-state index in [1.165, 1.54) is 12.2 Å². The molecular formula is C9H13ClN2O3. The van der Waals surface area contributed by atoms with Gasteiger partial charge in [-0.25, -0.2) is 4.79 Å². The van der Waals surface area contributed by atoms with E-state index in [2.05, 4.69) is 5.32 Å². The molecule has 0 radical (unpaired) electrons. The number of dihydropyridines is 1. The fourth-order valence-corrected chi connectivity index (χ4v) is 1.52. The van der Waals surface area contributed by atoms with Crippen LogP contribution in [0.2, 0.25) is 0 Å². The first-order valence-corrected chi connectivity index (χ1v) is 4.90. The zero-order chi connectivity index (χ0) is 11.4. The number of aliphatic carboxylic acids is 1. The molecule has 15 heavy (non-hydrogen) atoms. The Bertz CT molecular complexity index is 310. The third-order valence-corrected chi connectivity index (χ3v) is 2.35. The van der Waals surface area contributed by atoms with Crippen LogP contribution in [0.5, 0.6) is 0 Å². The Morgan fingerprint density at radius 2 is 2.40 bits per heavy atom. The predicted octanol–water partition coefficient (Wildman–Crippen LogP) is 0.279. The molecule has 3 N–H and O–H groups in total. The molecule has 0 bridgehead atoms. The Kier molecular flexibility index (Phi) is 4.14. The van der Waals surface area contributed by atoms with Crippen LogP contribution in [-0.2, 0) is 4.79 Å². The van der Waals surface area contributed by atoms with Gasteiger partial charge >= 0.3 is 5.97 Å². The van der Waals surface area contributed by atoms with Gasteiger partial charge < -0.3 is 15.5 Å². The maximum Gasteiger partial charge on any atom is 0.335 e. The summed E-state index contributed by atoms with van der Waals surface area (Å²) in [5.74, 6) is -1.03. The number of rotatable bonds is 4. The Hall–Kier alpha value is -1.04. The van der Waals surface area contributed by atoms with E-state index in [1.807, 2.05) is 6.92 Å². The van der Waals surface area contributed by atoms with Crippen molar-refractivity contribution in [2.75, 3.05) is 13.3 Å². The lowest BCUT2D eigenvalue weighted by Crippen LogP contribution is -2.45. The van der Waals surface area contributed by atoms with Crippen molar-refractivity contribution in [2.24, 2.45) is 0 Å². The number of nitrogens with one attached hydrogen (secondary N) is 1. The maximum absolute atomic E-state index is 10.8. The first kappa shape index (κ1) is 12.0. The van der Waals surface area contributed by atoms with E-state index in [9.17, 15) is 4.79 Å². The van der Waals surface area contributed by atoms with Crippen LogP contribution in [0.15, 0.2) is 22.9 Å². The monoisotopic (exact) mass is 232 g/mol. The van der Waals surface area contributed by atoms with Crippen molar-refractivity contribution in [1.29, 1.82) is 0 Å². The Balaban J connectivity index is 2.86. The van der Waals surface area contributed by atoms with Gasteiger partial charge in [-0.2, -0.15) is 0 Å². The van der Waals surface area contributed by atoms with Gasteiger partial charge in [-0.15, -0.1) is 0 Å². The molecule has 1 atom stereocenters. The van der Waals surface area contributed by atoms with Crippen molar-refractivity contribution in [3.8, 4) is 0 Å². The van der Waals surface area contributed by atoms with Crippen molar-refractivity contribution in [1.82, 2.24) is 10.2 Å². The number of likely N-dealkylation sites (N-methyl/N-ethyl adjacent to an activating group) is 1. The highest BCUT2D eigenvalue weighted by Gasteiger charge is 2.20. The van der Waals surface area contributed by atoms with Crippen LogP contribution in [0.25, 0.3) is 0 Å². The second-order valence-electron chi connectivity index (χ2n) is 3.06. The Morgan fingerprint density at radius 3 is 2.87 bits per heavy atom. The molecule has 0 aromatic rings. The van der Waals surface area contributed by atoms with Crippen LogP contribution in [0.4, 0.5) is 0 Å². The van der Waals surface area contributed by atoms with Crippen LogP contribution in [-0.4, -0.2) is 40.5 Å². The number of halogens is 1. The molecule has 6 heteroatoms. The topological polar surface area (TPSA) is 72.8 Å². The quantitative estimate of drug-likeness (QED) is 0.480. The number of aliphatic hydroxyl groups is 1. The van der Waals surface area contributed by atoms with E-state index in [4.69, 9.17) is 21.8 Å². The van der Waals surface area contributed by atoms with Crippen LogP contribution < -0.4 is 5.32 Å². The van der Waals surface area contributed by atoms with Gasteiger partial charge in [0.1, 0.15) is 11.3 Å². The highest BCUT2D eigenvalue weighted by molar-refractivity contribution is 6.29. The molecule has 0 aromatic heterocycles.